The van der Waals surface area contributed by atoms with Crippen LogP contribution in [0, 0.1) is 0 Å². The zero-order valence-electron chi connectivity index (χ0n) is 14.0. The molecule has 1 aliphatic heterocycles. The zero-order valence-corrected chi connectivity index (χ0v) is 15.2. The maximum Gasteiger partial charge on any atom is 0.517 e. The monoisotopic (exact) mass is 319 g/mol. The molecule has 0 N–H and O–H groups in total. The fourth-order valence-electron chi connectivity index (χ4n) is 2.56. The summed E-state index contributed by atoms with van der Waals surface area (Å²) >= 11 is 0. The van der Waals surface area contributed by atoms with Gasteiger partial charge in [-0.25, -0.2) is 0 Å². The molecule has 22 heavy (non-hydrogen) atoms. The van der Waals surface area contributed by atoms with Gasteiger partial charge in [0.25, 0.3) is 0 Å². The largest absolute Gasteiger partial charge is 0.517 e. The first kappa shape index (κ1) is 15.8. The third kappa shape index (κ3) is 2.34. The van der Waals surface area contributed by atoms with Gasteiger partial charge in [-0.15, -0.1) is 0 Å². The van der Waals surface area contributed by atoms with E-state index in [0.29, 0.717) is 0 Å². The first-order valence-electron chi connectivity index (χ1n) is 7.43. The highest BCUT2D eigenvalue weighted by atomic mass is 31.0. The first-order valence-corrected chi connectivity index (χ1v) is 7.95. The Bertz CT molecular complexity index is 711. The van der Waals surface area contributed by atoms with E-state index in [1.807, 2.05) is 14.1 Å². The average Bonchev–Trinajstić information content (AvgIpc) is 2.84. The van der Waals surface area contributed by atoms with E-state index >= 15 is 0 Å². The van der Waals surface area contributed by atoms with Crippen molar-refractivity contribution in [1.82, 2.24) is 9.55 Å². The molecule has 1 atom stereocenters. The number of anilines is 1. The van der Waals surface area contributed by atoms with Crippen LogP contribution in [-0.4, -0.2) is 42.0 Å². The third-order valence-corrected chi connectivity index (χ3v) is 5.10. The molecule has 2 aromatic rings. The number of fused-ring (bicyclic) bond motifs is 1. The molecule has 0 amide bonds. The molecule has 1 saturated heterocycles. The molecule has 7 heteroatoms. The van der Waals surface area contributed by atoms with Gasteiger partial charge >= 0.3 is 7.12 Å². The average molecular weight is 319 g/mol. The summed E-state index contributed by atoms with van der Waals surface area (Å²) in [6, 6.07) is 6.28. The SMILES string of the molecule is CN(C)c1ccc2c(c1)c(B1OC(C)(C)C(C)(C)O1)nn2P. The van der Waals surface area contributed by atoms with E-state index in [-0.39, 0.29) is 11.2 Å². The molecule has 1 aromatic carbocycles. The molecule has 1 fully saturated rings. The Labute approximate surface area is 134 Å². The molecule has 0 spiro atoms. The fraction of sp³-hybridized carbons (Fsp3) is 0.533. The van der Waals surface area contributed by atoms with Crippen molar-refractivity contribution in [2.24, 2.45) is 0 Å². The number of hydrogen-bond acceptors (Lipinski definition) is 4. The highest BCUT2D eigenvalue weighted by molar-refractivity contribution is 7.14. The highest BCUT2D eigenvalue weighted by Crippen LogP contribution is 2.37. The van der Waals surface area contributed by atoms with Crippen molar-refractivity contribution in [2.45, 2.75) is 38.9 Å². The van der Waals surface area contributed by atoms with Gasteiger partial charge in [0.2, 0.25) is 0 Å². The number of nitrogens with zero attached hydrogens (tertiary/aromatic N) is 3. The summed E-state index contributed by atoms with van der Waals surface area (Å²) in [6.07, 6.45) is 0. The van der Waals surface area contributed by atoms with Crippen molar-refractivity contribution < 1.29 is 9.31 Å². The van der Waals surface area contributed by atoms with E-state index in [4.69, 9.17) is 9.31 Å². The number of rotatable bonds is 2. The lowest BCUT2D eigenvalue weighted by molar-refractivity contribution is 0.00578. The van der Waals surface area contributed by atoms with Crippen LogP contribution in [-0.2, 0) is 9.31 Å². The minimum atomic E-state index is -0.452. The molecule has 1 aromatic heterocycles. The molecule has 1 aliphatic rings. The molecule has 0 aliphatic carbocycles. The van der Waals surface area contributed by atoms with Gasteiger partial charge in [0.15, 0.2) is 0 Å². The highest BCUT2D eigenvalue weighted by Gasteiger charge is 2.53. The smallest absolute Gasteiger partial charge is 0.398 e. The molecule has 2 heterocycles. The summed E-state index contributed by atoms with van der Waals surface area (Å²) in [5, 5.41) is 5.67. The van der Waals surface area contributed by atoms with E-state index in [1.165, 1.54) is 0 Å². The molecular formula is C15H23BN3O2P. The fourth-order valence-corrected chi connectivity index (χ4v) is 2.91. The molecule has 0 radical (unpaired) electrons. The van der Waals surface area contributed by atoms with Crippen LogP contribution in [0.5, 0.6) is 0 Å². The Morgan fingerprint density at radius 3 is 2.27 bits per heavy atom. The minimum Gasteiger partial charge on any atom is -0.398 e. The van der Waals surface area contributed by atoms with Crippen molar-refractivity contribution in [2.75, 3.05) is 19.0 Å². The standard InChI is InChI=1S/C15H23BN3O2P/c1-14(2)15(3,4)21-16(20-14)13-11-9-10(18(5)6)7-8-12(11)19(22)17-13/h7-9H,22H2,1-6H3. The lowest BCUT2D eigenvalue weighted by atomic mass is 9.82. The quantitative estimate of drug-likeness (QED) is 0.627. The van der Waals surface area contributed by atoms with E-state index < -0.39 is 7.12 Å². The maximum atomic E-state index is 6.15. The maximum absolute atomic E-state index is 6.15. The Balaban J connectivity index is 2.10. The van der Waals surface area contributed by atoms with Gasteiger partial charge in [-0.1, -0.05) is 0 Å². The summed E-state index contributed by atoms with van der Waals surface area (Å²) < 4.78 is 14.1. The Morgan fingerprint density at radius 2 is 1.73 bits per heavy atom. The van der Waals surface area contributed by atoms with Crippen molar-refractivity contribution in [3.05, 3.63) is 18.2 Å². The van der Waals surface area contributed by atoms with Crippen LogP contribution >= 0.6 is 9.39 Å². The van der Waals surface area contributed by atoms with Crippen molar-refractivity contribution in [3.8, 4) is 0 Å². The number of aromatic nitrogens is 2. The van der Waals surface area contributed by atoms with Crippen LogP contribution in [0.15, 0.2) is 18.2 Å². The van der Waals surface area contributed by atoms with Crippen LogP contribution in [0.25, 0.3) is 10.9 Å². The summed E-state index contributed by atoms with van der Waals surface area (Å²) in [5.74, 6) is 0. The summed E-state index contributed by atoms with van der Waals surface area (Å²) in [5.41, 5.74) is 2.26. The van der Waals surface area contributed by atoms with Gasteiger partial charge in [-0.05, 0) is 55.3 Å². The molecule has 118 valence electrons. The van der Waals surface area contributed by atoms with Gasteiger partial charge in [0.1, 0.15) is 5.59 Å². The topological polar surface area (TPSA) is 39.5 Å². The molecule has 0 bridgehead atoms. The van der Waals surface area contributed by atoms with Gasteiger partial charge in [0, 0.05) is 25.2 Å². The molecule has 3 rings (SSSR count). The van der Waals surface area contributed by atoms with Crippen LogP contribution in [0.2, 0.25) is 0 Å². The molecule has 0 saturated carbocycles. The van der Waals surface area contributed by atoms with Crippen molar-refractivity contribution >= 4 is 38.7 Å². The predicted molar refractivity (Wildman–Crippen MR) is 94.9 cm³/mol. The Morgan fingerprint density at radius 1 is 1.14 bits per heavy atom. The minimum absolute atomic E-state index is 0.367. The zero-order chi connectivity index (χ0) is 16.3. The Kier molecular flexibility index (Phi) is 3.55. The summed E-state index contributed by atoms with van der Waals surface area (Å²) in [7, 11) is 6.23. The van der Waals surface area contributed by atoms with Gasteiger partial charge < -0.3 is 14.2 Å². The second-order valence-corrected chi connectivity index (χ2v) is 7.50. The lowest BCUT2D eigenvalue weighted by Crippen LogP contribution is -2.41. The second-order valence-electron chi connectivity index (χ2n) is 7.01. The number of benzene rings is 1. The van der Waals surface area contributed by atoms with Crippen molar-refractivity contribution in [3.63, 3.8) is 0 Å². The van der Waals surface area contributed by atoms with E-state index in [1.54, 1.807) is 4.45 Å². The van der Waals surface area contributed by atoms with E-state index in [0.717, 1.165) is 22.2 Å². The lowest BCUT2D eigenvalue weighted by Gasteiger charge is -2.32. The van der Waals surface area contributed by atoms with E-state index in [9.17, 15) is 0 Å². The van der Waals surface area contributed by atoms with Crippen LogP contribution in [0.4, 0.5) is 5.69 Å². The van der Waals surface area contributed by atoms with Gasteiger partial charge in [-0.2, -0.15) is 5.10 Å². The molecular weight excluding hydrogens is 296 g/mol. The summed E-state index contributed by atoms with van der Waals surface area (Å²) in [6.45, 7) is 8.21. The second kappa shape index (κ2) is 4.95. The Hall–Kier alpha value is -1.10. The van der Waals surface area contributed by atoms with Gasteiger partial charge in [0.05, 0.1) is 16.7 Å². The third-order valence-electron chi connectivity index (χ3n) is 4.71. The van der Waals surface area contributed by atoms with Crippen LogP contribution < -0.4 is 10.5 Å². The van der Waals surface area contributed by atoms with Gasteiger partial charge in [-0.3, -0.25) is 4.45 Å². The molecule has 5 nitrogen and oxygen atoms in total. The predicted octanol–water partition coefficient (Wildman–Crippen LogP) is 2.04. The first-order chi connectivity index (χ1) is 10.1. The molecule has 1 unspecified atom stereocenters. The normalized spacial score (nSPS) is 19.9. The van der Waals surface area contributed by atoms with Crippen LogP contribution in [0.3, 0.4) is 0 Å². The van der Waals surface area contributed by atoms with Crippen LogP contribution in [0.1, 0.15) is 27.7 Å². The van der Waals surface area contributed by atoms with E-state index in [2.05, 4.69) is 65.3 Å². The van der Waals surface area contributed by atoms with Crippen molar-refractivity contribution in [1.29, 1.82) is 0 Å². The summed E-state index contributed by atoms with van der Waals surface area (Å²) in [4.78, 5) is 2.08. The number of hydrogen-bond donors (Lipinski definition) is 0.